The molecule has 0 aliphatic rings. The second-order valence-electron chi connectivity index (χ2n) is 2.98. The third-order valence-corrected chi connectivity index (χ3v) is 2.67. The fourth-order valence-electron chi connectivity index (χ4n) is 0.830. The van der Waals surface area contributed by atoms with E-state index in [-0.39, 0.29) is 18.7 Å². The Morgan fingerprint density at radius 1 is 1.47 bits per heavy atom. The second-order valence-corrected chi connectivity index (χ2v) is 4.48. The molecule has 0 aliphatic heterocycles. The number of alkyl halides is 1. The zero-order valence-corrected chi connectivity index (χ0v) is 10.4. The molecule has 0 aromatic carbocycles. The van der Waals surface area contributed by atoms with Gasteiger partial charge in [-0.2, -0.15) is 0 Å². The minimum absolute atomic E-state index is 0.0139. The molecule has 0 rings (SSSR count). The van der Waals surface area contributed by atoms with E-state index in [0.29, 0.717) is 0 Å². The fourth-order valence-corrected chi connectivity index (χ4v) is 1.23. The first kappa shape index (κ1) is 14.3. The number of carboxylic acids is 1. The summed E-state index contributed by atoms with van der Waals surface area (Å²) in [5, 5.41) is 10.9. The molecule has 15 heavy (non-hydrogen) atoms. The summed E-state index contributed by atoms with van der Waals surface area (Å²) in [6.45, 7) is 1.33. The van der Waals surface area contributed by atoms with Crippen molar-refractivity contribution in [2.45, 2.75) is 23.3 Å². The molecule has 0 spiro atoms. The number of nitrogens with one attached hydrogen (secondary N) is 1. The number of hydrogen-bond donors (Lipinski definition) is 3. The maximum Gasteiger partial charge on any atom is 0.316 e. The van der Waals surface area contributed by atoms with Gasteiger partial charge in [0.1, 0.15) is 3.92 Å². The Hall–Kier alpha value is -0.700. The van der Waals surface area contributed by atoms with Gasteiger partial charge in [0.2, 0.25) is 5.91 Å². The van der Waals surface area contributed by atoms with Crippen LogP contribution in [0, 0.1) is 0 Å². The highest BCUT2D eigenvalue weighted by molar-refractivity contribution is 14.1. The quantitative estimate of drug-likeness (QED) is 0.441. The van der Waals surface area contributed by atoms with Crippen LogP contribution < -0.4 is 11.1 Å². The molecule has 1 amide bonds. The monoisotopic (exact) mass is 328 g/mol. The standard InChI is InChI=1S/C8H13IN2O4/c1-4(12)6(3-10)11-7(13)2-5(9)8(14)15/h5-6H,2-3,10H2,1H3,(H,11,13)(H,14,15). The number of ketones is 1. The highest BCUT2D eigenvalue weighted by atomic mass is 127. The van der Waals surface area contributed by atoms with Crippen molar-refractivity contribution in [3.05, 3.63) is 0 Å². The van der Waals surface area contributed by atoms with E-state index in [1.54, 1.807) is 22.6 Å². The van der Waals surface area contributed by atoms with Gasteiger partial charge in [-0.15, -0.1) is 0 Å². The van der Waals surface area contributed by atoms with E-state index in [2.05, 4.69) is 5.32 Å². The smallest absolute Gasteiger partial charge is 0.316 e. The Morgan fingerprint density at radius 3 is 2.33 bits per heavy atom. The maximum absolute atomic E-state index is 11.2. The number of amides is 1. The van der Waals surface area contributed by atoms with E-state index < -0.39 is 21.8 Å². The normalized spacial score (nSPS) is 14.1. The summed E-state index contributed by atoms with van der Waals surface area (Å²) in [5.74, 6) is -1.79. The molecule has 0 saturated carbocycles. The van der Waals surface area contributed by atoms with Crippen LogP contribution in [0.1, 0.15) is 13.3 Å². The Balaban J connectivity index is 4.13. The maximum atomic E-state index is 11.2. The van der Waals surface area contributed by atoms with E-state index in [4.69, 9.17) is 10.8 Å². The van der Waals surface area contributed by atoms with Crippen molar-refractivity contribution in [2.75, 3.05) is 6.54 Å². The van der Waals surface area contributed by atoms with Crippen LogP contribution in [0.2, 0.25) is 0 Å². The Labute approximate surface area is 101 Å². The van der Waals surface area contributed by atoms with Gasteiger partial charge in [0, 0.05) is 13.0 Å². The van der Waals surface area contributed by atoms with E-state index in [1.165, 1.54) is 6.92 Å². The van der Waals surface area contributed by atoms with Gasteiger partial charge in [0.15, 0.2) is 5.78 Å². The average Bonchev–Trinajstić information content (AvgIpc) is 2.13. The lowest BCUT2D eigenvalue weighted by Crippen LogP contribution is -2.45. The van der Waals surface area contributed by atoms with Gasteiger partial charge in [0.25, 0.3) is 0 Å². The molecule has 6 nitrogen and oxygen atoms in total. The van der Waals surface area contributed by atoms with Crippen molar-refractivity contribution in [1.29, 1.82) is 0 Å². The van der Waals surface area contributed by atoms with Crippen LogP contribution in [0.15, 0.2) is 0 Å². The minimum atomic E-state index is -1.06. The molecular formula is C8H13IN2O4. The minimum Gasteiger partial charge on any atom is -0.480 e. The number of rotatable bonds is 6. The summed E-state index contributed by atoms with van der Waals surface area (Å²) in [6.07, 6.45) is -0.167. The molecule has 0 aromatic heterocycles. The van der Waals surface area contributed by atoms with Crippen molar-refractivity contribution in [3.8, 4) is 0 Å². The Bertz CT molecular complexity index is 269. The first-order valence-electron chi connectivity index (χ1n) is 4.25. The molecular weight excluding hydrogens is 315 g/mol. The van der Waals surface area contributed by atoms with Crippen LogP contribution >= 0.6 is 22.6 Å². The number of carbonyl (C=O) groups excluding carboxylic acids is 2. The van der Waals surface area contributed by atoms with E-state index in [0.717, 1.165) is 0 Å². The lowest BCUT2D eigenvalue weighted by atomic mass is 10.2. The molecule has 7 heteroatoms. The number of Topliss-reactive ketones (excluding diaryl/α,β-unsaturated/α-hetero) is 1. The van der Waals surface area contributed by atoms with Gasteiger partial charge in [0.05, 0.1) is 6.04 Å². The lowest BCUT2D eigenvalue weighted by Gasteiger charge is -2.13. The van der Waals surface area contributed by atoms with Gasteiger partial charge in [-0.3, -0.25) is 14.4 Å². The fraction of sp³-hybridized carbons (Fsp3) is 0.625. The largest absolute Gasteiger partial charge is 0.480 e. The first-order valence-corrected chi connectivity index (χ1v) is 5.49. The molecule has 0 aliphatic carbocycles. The van der Waals surface area contributed by atoms with Crippen LogP contribution in [0.25, 0.3) is 0 Å². The van der Waals surface area contributed by atoms with E-state index >= 15 is 0 Å². The van der Waals surface area contributed by atoms with Crippen molar-refractivity contribution in [3.63, 3.8) is 0 Å². The summed E-state index contributed by atoms with van der Waals surface area (Å²) >= 11 is 1.65. The van der Waals surface area contributed by atoms with Gasteiger partial charge in [-0.05, 0) is 6.92 Å². The average molecular weight is 328 g/mol. The van der Waals surface area contributed by atoms with Crippen LogP contribution in [-0.2, 0) is 14.4 Å². The Kier molecular flexibility index (Phi) is 6.41. The van der Waals surface area contributed by atoms with Crippen molar-refractivity contribution in [2.24, 2.45) is 5.73 Å². The number of halogens is 1. The van der Waals surface area contributed by atoms with Crippen LogP contribution in [-0.4, -0.2) is 39.3 Å². The lowest BCUT2D eigenvalue weighted by molar-refractivity contribution is -0.137. The third kappa shape index (κ3) is 5.67. The van der Waals surface area contributed by atoms with Gasteiger partial charge >= 0.3 is 5.97 Å². The second kappa shape index (κ2) is 6.72. The predicted molar refractivity (Wildman–Crippen MR) is 61.7 cm³/mol. The molecule has 86 valence electrons. The SMILES string of the molecule is CC(=O)C(CN)NC(=O)CC(I)C(=O)O. The first-order chi connectivity index (χ1) is 6.88. The molecule has 0 fully saturated rings. The topological polar surface area (TPSA) is 109 Å². The van der Waals surface area contributed by atoms with Crippen molar-refractivity contribution < 1.29 is 19.5 Å². The van der Waals surface area contributed by atoms with Crippen LogP contribution in [0.5, 0.6) is 0 Å². The van der Waals surface area contributed by atoms with Gasteiger partial charge in [-0.25, -0.2) is 0 Å². The summed E-state index contributed by atoms with van der Waals surface area (Å²) in [7, 11) is 0. The number of nitrogens with two attached hydrogens (primary N) is 1. The molecule has 0 bridgehead atoms. The molecule has 0 radical (unpaired) electrons. The summed E-state index contributed by atoms with van der Waals surface area (Å²) in [6, 6.07) is -0.727. The van der Waals surface area contributed by atoms with Crippen LogP contribution in [0.3, 0.4) is 0 Å². The van der Waals surface area contributed by atoms with E-state index in [9.17, 15) is 14.4 Å². The number of hydrogen-bond acceptors (Lipinski definition) is 4. The zero-order chi connectivity index (χ0) is 12.0. The number of aliphatic carboxylic acids is 1. The van der Waals surface area contributed by atoms with Crippen molar-refractivity contribution in [1.82, 2.24) is 5.32 Å². The van der Waals surface area contributed by atoms with Gasteiger partial charge < -0.3 is 16.2 Å². The summed E-state index contributed by atoms with van der Waals surface area (Å²) in [5.41, 5.74) is 5.26. The molecule has 2 unspecified atom stereocenters. The predicted octanol–water partition coefficient (Wildman–Crippen LogP) is -0.703. The highest BCUT2D eigenvalue weighted by Crippen LogP contribution is 2.05. The summed E-state index contributed by atoms with van der Waals surface area (Å²) in [4.78, 5) is 32.6. The molecule has 2 atom stereocenters. The van der Waals surface area contributed by atoms with E-state index in [1.807, 2.05) is 0 Å². The molecule has 0 aromatic rings. The summed E-state index contributed by atoms with van der Waals surface area (Å²) < 4.78 is -0.798. The molecule has 4 N–H and O–H groups in total. The molecule has 0 saturated heterocycles. The van der Waals surface area contributed by atoms with Crippen molar-refractivity contribution >= 4 is 40.3 Å². The Morgan fingerprint density at radius 2 is 2.00 bits per heavy atom. The number of carboxylic acid groups (broad SMARTS) is 1. The number of carbonyl (C=O) groups is 3. The third-order valence-electron chi connectivity index (χ3n) is 1.69. The highest BCUT2D eigenvalue weighted by Gasteiger charge is 2.20. The van der Waals surface area contributed by atoms with Crippen LogP contribution in [0.4, 0.5) is 0 Å². The van der Waals surface area contributed by atoms with Gasteiger partial charge in [-0.1, -0.05) is 22.6 Å². The zero-order valence-electron chi connectivity index (χ0n) is 8.20. The molecule has 0 heterocycles.